The molecular weight excluding hydrogens is 356 g/mol. The molecule has 0 spiro atoms. The number of hydrazone groups is 1. The van der Waals surface area contributed by atoms with Gasteiger partial charge in [0.1, 0.15) is 5.75 Å². The topological polar surface area (TPSA) is 95.4 Å². The molecule has 1 aromatic rings. The lowest BCUT2D eigenvalue weighted by atomic mass is 10.2. The van der Waals surface area contributed by atoms with Crippen molar-refractivity contribution >= 4 is 29.5 Å². The molecule has 0 aromatic heterocycles. The molecule has 0 atom stereocenters. The van der Waals surface area contributed by atoms with Crippen LogP contribution in [0.4, 0.5) is 0 Å². The molecule has 8 nitrogen and oxygen atoms in total. The Kier molecular flexibility index (Phi) is 8.81. The molecule has 1 aliphatic rings. The van der Waals surface area contributed by atoms with Crippen LogP contribution in [-0.4, -0.2) is 73.3 Å². The van der Waals surface area contributed by atoms with Crippen molar-refractivity contribution in [1.82, 2.24) is 15.6 Å². The minimum atomic E-state index is -1.03. The van der Waals surface area contributed by atoms with Crippen LogP contribution in [-0.2, 0) is 9.53 Å². The van der Waals surface area contributed by atoms with E-state index in [1.165, 1.54) is 0 Å². The summed E-state index contributed by atoms with van der Waals surface area (Å²) < 4.78 is 10.5. The number of benzene rings is 1. The first-order valence-electron chi connectivity index (χ1n) is 8.46. The quantitative estimate of drug-likeness (QED) is 0.249. The van der Waals surface area contributed by atoms with Crippen LogP contribution in [0.2, 0.25) is 0 Å². The Balaban J connectivity index is 1.67. The molecule has 3 N–H and O–H groups in total. The van der Waals surface area contributed by atoms with Gasteiger partial charge in [-0.3, -0.25) is 10.3 Å². The SMILES string of the molecule is O=C(O)COc1ccccc1/C=N/NC(=S)NCCCN1CCOCC1. The molecule has 1 aliphatic heterocycles. The number of carboxylic acid groups (broad SMARTS) is 1. The standard InChI is InChI=1S/C17H24N4O4S/c22-16(23)13-25-15-5-2-1-4-14(15)12-19-20-17(26)18-6-3-7-21-8-10-24-11-9-21/h1-2,4-5,12H,3,6-11,13H2,(H,22,23)(H2,18,20,26)/b19-12+. The molecule has 1 aromatic carbocycles. The Bertz CT molecular complexity index is 621. The maximum Gasteiger partial charge on any atom is 0.341 e. The Morgan fingerprint density at radius 2 is 2.15 bits per heavy atom. The number of aliphatic carboxylic acids is 1. The Labute approximate surface area is 158 Å². The van der Waals surface area contributed by atoms with Crippen molar-refractivity contribution in [1.29, 1.82) is 0 Å². The van der Waals surface area contributed by atoms with E-state index in [0.717, 1.165) is 45.8 Å². The predicted octanol–water partition coefficient (Wildman–Crippen LogP) is 0.670. The van der Waals surface area contributed by atoms with E-state index in [2.05, 4.69) is 20.7 Å². The average Bonchev–Trinajstić information content (AvgIpc) is 2.65. The van der Waals surface area contributed by atoms with Crippen molar-refractivity contribution in [3.8, 4) is 5.75 Å². The number of nitrogens with one attached hydrogen (secondary N) is 2. The second-order valence-electron chi connectivity index (χ2n) is 5.65. The summed E-state index contributed by atoms with van der Waals surface area (Å²) in [6.45, 7) is 4.95. The summed E-state index contributed by atoms with van der Waals surface area (Å²) in [5.74, 6) is -0.581. The number of carboxylic acids is 1. The van der Waals surface area contributed by atoms with Crippen molar-refractivity contribution in [2.24, 2.45) is 5.10 Å². The number of carbonyl (C=O) groups is 1. The monoisotopic (exact) mass is 380 g/mol. The van der Waals surface area contributed by atoms with Gasteiger partial charge in [0.05, 0.1) is 19.4 Å². The van der Waals surface area contributed by atoms with E-state index in [9.17, 15) is 4.79 Å². The van der Waals surface area contributed by atoms with Gasteiger partial charge in [0.15, 0.2) is 11.7 Å². The van der Waals surface area contributed by atoms with Gasteiger partial charge in [-0.15, -0.1) is 0 Å². The maximum atomic E-state index is 10.6. The molecule has 2 rings (SSSR count). The number of para-hydroxylation sites is 1. The van der Waals surface area contributed by atoms with Crippen LogP contribution in [0.5, 0.6) is 5.75 Å². The van der Waals surface area contributed by atoms with E-state index in [4.69, 9.17) is 26.8 Å². The normalized spacial score (nSPS) is 14.9. The summed E-state index contributed by atoms with van der Waals surface area (Å²) in [7, 11) is 0. The van der Waals surface area contributed by atoms with Gasteiger partial charge in [-0.25, -0.2) is 4.79 Å². The zero-order chi connectivity index (χ0) is 18.6. The zero-order valence-electron chi connectivity index (χ0n) is 14.5. The molecule has 142 valence electrons. The predicted molar refractivity (Wildman–Crippen MR) is 103 cm³/mol. The summed E-state index contributed by atoms with van der Waals surface area (Å²) >= 11 is 5.18. The highest BCUT2D eigenvalue weighted by molar-refractivity contribution is 7.80. The zero-order valence-corrected chi connectivity index (χ0v) is 15.3. The molecule has 1 saturated heterocycles. The highest BCUT2D eigenvalue weighted by Gasteiger charge is 2.09. The summed E-state index contributed by atoms with van der Waals surface area (Å²) in [5, 5.41) is 16.3. The van der Waals surface area contributed by atoms with E-state index < -0.39 is 12.6 Å². The first-order valence-corrected chi connectivity index (χ1v) is 8.86. The second-order valence-corrected chi connectivity index (χ2v) is 6.06. The molecule has 0 unspecified atom stereocenters. The second kappa shape index (κ2) is 11.4. The number of thiocarbonyl (C=S) groups is 1. The van der Waals surface area contributed by atoms with Crippen molar-refractivity contribution in [3.63, 3.8) is 0 Å². The molecule has 26 heavy (non-hydrogen) atoms. The lowest BCUT2D eigenvalue weighted by Crippen LogP contribution is -2.39. The summed E-state index contributed by atoms with van der Waals surface area (Å²) in [6.07, 6.45) is 2.52. The number of morpholine rings is 1. The largest absolute Gasteiger partial charge is 0.481 e. The lowest BCUT2D eigenvalue weighted by molar-refractivity contribution is -0.139. The molecule has 0 saturated carbocycles. The molecule has 0 aliphatic carbocycles. The Hall–Kier alpha value is -2.23. The number of nitrogens with zero attached hydrogens (tertiary/aromatic N) is 2. The molecule has 0 bridgehead atoms. The smallest absolute Gasteiger partial charge is 0.341 e. The van der Waals surface area contributed by atoms with Crippen molar-refractivity contribution < 1.29 is 19.4 Å². The van der Waals surface area contributed by atoms with Gasteiger partial charge in [0.2, 0.25) is 0 Å². The van der Waals surface area contributed by atoms with E-state index in [-0.39, 0.29) is 0 Å². The van der Waals surface area contributed by atoms with E-state index in [1.807, 2.05) is 6.07 Å². The van der Waals surface area contributed by atoms with Crippen LogP contribution < -0.4 is 15.5 Å². The average molecular weight is 380 g/mol. The molecule has 1 heterocycles. The highest BCUT2D eigenvalue weighted by atomic mass is 32.1. The number of rotatable bonds is 9. The van der Waals surface area contributed by atoms with Gasteiger partial charge in [-0.2, -0.15) is 5.10 Å². The maximum absolute atomic E-state index is 10.6. The molecule has 0 amide bonds. The van der Waals surface area contributed by atoms with Crippen molar-refractivity contribution in [2.45, 2.75) is 6.42 Å². The minimum absolute atomic E-state index is 0.401. The summed E-state index contributed by atoms with van der Waals surface area (Å²) in [4.78, 5) is 13.0. The van der Waals surface area contributed by atoms with Crippen LogP contribution in [0.15, 0.2) is 29.4 Å². The van der Waals surface area contributed by atoms with Crippen LogP contribution in [0.25, 0.3) is 0 Å². The molecule has 9 heteroatoms. The van der Waals surface area contributed by atoms with Gasteiger partial charge in [-0.1, -0.05) is 12.1 Å². The van der Waals surface area contributed by atoms with Gasteiger partial charge in [0, 0.05) is 25.2 Å². The minimum Gasteiger partial charge on any atom is -0.481 e. The van der Waals surface area contributed by atoms with Crippen LogP contribution in [0.1, 0.15) is 12.0 Å². The summed E-state index contributed by atoms with van der Waals surface area (Å²) in [6, 6.07) is 7.05. The third-order valence-electron chi connectivity index (χ3n) is 3.68. The Morgan fingerprint density at radius 1 is 1.38 bits per heavy atom. The number of hydrogen-bond donors (Lipinski definition) is 3. The highest BCUT2D eigenvalue weighted by Crippen LogP contribution is 2.15. The van der Waals surface area contributed by atoms with Gasteiger partial charge in [0.25, 0.3) is 0 Å². The molecular formula is C17H24N4O4S. The van der Waals surface area contributed by atoms with Gasteiger partial charge < -0.3 is 19.9 Å². The van der Waals surface area contributed by atoms with Crippen LogP contribution >= 0.6 is 12.2 Å². The van der Waals surface area contributed by atoms with Crippen molar-refractivity contribution in [3.05, 3.63) is 29.8 Å². The fraction of sp³-hybridized carbons (Fsp3) is 0.471. The summed E-state index contributed by atoms with van der Waals surface area (Å²) in [5.41, 5.74) is 3.41. The number of ether oxygens (including phenoxy) is 2. The fourth-order valence-corrected chi connectivity index (χ4v) is 2.54. The first kappa shape index (κ1) is 20.1. The van der Waals surface area contributed by atoms with Gasteiger partial charge >= 0.3 is 5.97 Å². The van der Waals surface area contributed by atoms with E-state index in [0.29, 0.717) is 16.4 Å². The lowest BCUT2D eigenvalue weighted by Gasteiger charge is -2.26. The molecule has 0 radical (unpaired) electrons. The van der Waals surface area contributed by atoms with Crippen molar-refractivity contribution in [2.75, 3.05) is 46.0 Å². The third-order valence-corrected chi connectivity index (χ3v) is 3.92. The molecule has 1 fully saturated rings. The Morgan fingerprint density at radius 3 is 2.92 bits per heavy atom. The number of hydrogen-bond acceptors (Lipinski definition) is 6. The van der Waals surface area contributed by atoms with Crippen LogP contribution in [0, 0.1) is 0 Å². The van der Waals surface area contributed by atoms with Gasteiger partial charge in [-0.05, 0) is 37.3 Å². The van der Waals surface area contributed by atoms with E-state index in [1.54, 1.807) is 24.4 Å². The first-order chi connectivity index (χ1) is 12.6. The third kappa shape index (κ3) is 7.77. The fourth-order valence-electron chi connectivity index (χ4n) is 2.39. The van der Waals surface area contributed by atoms with E-state index >= 15 is 0 Å². The van der Waals surface area contributed by atoms with Crippen LogP contribution in [0.3, 0.4) is 0 Å².